The van der Waals surface area contributed by atoms with Gasteiger partial charge in [0.1, 0.15) is 0 Å². The van der Waals surface area contributed by atoms with Gasteiger partial charge in [0.2, 0.25) is 0 Å². The van der Waals surface area contributed by atoms with Gasteiger partial charge in [0, 0.05) is 33.0 Å². The Kier molecular flexibility index (Phi) is 3.22. The molecular weight excluding hydrogens is 310 g/mol. The summed E-state index contributed by atoms with van der Waals surface area (Å²) in [5.41, 5.74) is 3.02. The van der Waals surface area contributed by atoms with Crippen LogP contribution in [-0.4, -0.2) is 12.3 Å². The molecule has 2 heterocycles. The van der Waals surface area contributed by atoms with Gasteiger partial charge in [0.15, 0.2) is 5.78 Å². The van der Waals surface area contributed by atoms with Crippen LogP contribution < -0.4 is 5.32 Å². The second kappa shape index (κ2) is 4.86. The summed E-state index contributed by atoms with van der Waals surface area (Å²) in [7, 11) is 0. The summed E-state index contributed by atoms with van der Waals surface area (Å²) in [6.07, 6.45) is 0.859. The molecule has 0 radical (unpaired) electrons. The molecule has 2 nitrogen and oxygen atoms in total. The quantitative estimate of drug-likeness (QED) is 0.836. The van der Waals surface area contributed by atoms with Gasteiger partial charge in [-0.25, -0.2) is 0 Å². The van der Waals surface area contributed by atoms with Gasteiger partial charge in [-0.3, -0.25) is 4.79 Å². The molecule has 1 atom stereocenters. The fourth-order valence-corrected chi connectivity index (χ4v) is 3.86. The Morgan fingerprint density at radius 3 is 2.94 bits per heavy atom. The van der Waals surface area contributed by atoms with Crippen molar-refractivity contribution in [3.63, 3.8) is 0 Å². The Balaban J connectivity index is 2.00. The molecular formula is C14H12BrNOS. The predicted molar refractivity (Wildman–Crippen MR) is 78.6 cm³/mol. The molecule has 0 saturated heterocycles. The number of Topliss-reactive ketones (excluding diaryl/α,β-unsaturated/α-hetero) is 1. The van der Waals surface area contributed by atoms with Gasteiger partial charge in [0.25, 0.3) is 0 Å². The van der Waals surface area contributed by atoms with Crippen LogP contribution in [0.25, 0.3) is 0 Å². The number of fused-ring (bicyclic) bond motifs is 1. The highest BCUT2D eigenvalue weighted by Crippen LogP contribution is 2.35. The first-order valence-electron chi connectivity index (χ1n) is 5.86. The summed E-state index contributed by atoms with van der Waals surface area (Å²) in [5, 5.41) is 7.23. The van der Waals surface area contributed by atoms with E-state index in [1.807, 2.05) is 35.0 Å². The summed E-state index contributed by atoms with van der Waals surface area (Å²) in [6.45, 7) is 0.856. The van der Waals surface area contributed by atoms with Crippen molar-refractivity contribution in [3.8, 4) is 0 Å². The molecule has 0 amide bonds. The molecule has 0 fully saturated rings. The van der Waals surface area contributed by atoms with E-state index in [1.54, 1.807) is 11.3 Å². The third-order valence-electron chi connectivity index (χ3n) is 3.28. The van der Waals surface area contributed by atoms with Gasteiger partial charge in [-0.05, 0) is 34.0 Å². The number of hydrogen-bond donors (Lipinski definition) is 1. The Labute approximate surface area is 118 Å². The molecule has 0 saturated carbocycles. The largest absolute Gasteiger partial charge is 0.385 e. The number of ketones is 1. The van der Waals surface area contributed by atoms with Crippen LogP contribution in [-0.2, 0) is 0 Å². The van der Waals surface area contributed by atoms with E-state index in [0.29, 0.717) is 0 Å². The Morgan fingerprint density at radius 1 is 1.33 bits per heavy atom. The summed E-state index contributed by atoms with van der Waals surface area (Å²) < 4.78 is 0.911. The van der Waals surface area contributed by atoms with Crippen LogP contribution in [0.4, 0.5) is 5.69 Å². The molecule has 1 aromatic heterocycles. The minimum absolute atomic E-state index is 0.0200. The average molecular weight is 322 g/mol. The third-order valence-corrected chi connectivity index (χ3v) is 4.98. The van der Waals surface area contributed by atoms with E-state index < -0.39 is 0 Å². The lowest BCUT2D eigenvalue weighted by Crippen LogP contribution is -2.22. The fourth-order valence-electron chi connectivity index (χ4n) is 2.39. The lowest BCUT2D eigenvalue weighted by molar-refractivity contribution is 0.0955. The van der Waals surface area contributed by atoms with Gasteiger partial charge in [0.05, 0.1) is 5.92 Å². The normalized spacial score (nSPS) is 17.9. The molecule has 1 aromatic carbocycles. The second-order valence-corrected chi connectivity index (χ2v) is 5.95. The molecule has 1 N–H and O–H groups in total. The van der Waals surface area contributed by atoms with E-state index >= 15 is 0 Å². The number of rotatable bonds is 2. The molecule has 3 rings (SSSR count). The molecule has 0 aliphatic carbocycles. The number of halogens is 1. The standard InChI is InChI=1S/C14H12BrNOS/c15-12-8-18-7-11(12)14(17)10-5-6-16-13-4-2-1-3-9(10)13/h1-4,7-8,10,16H,5-6H2. The maximum absolute atomic E-state index is 12.6. The second-order valence-electron chi connectivity index (χ2n) is 4.35. The summed E-state index contributed by atoms with van der Waals surface area (Å²) >= 11 is 5.00. The first-order valence-corrected chi connectivity index (χ1v) is 7.59. The van der Waals surface area contributed by atoms with Crippen LogP contribution in [0.15, 0.2) is 39.5 Å². The third kappa shape index (κ3) is 1.99. The van der Waals surface area contributed by atoms with E-state index in [1.165, 1.54) is 0 Å². The van der Waals surface area contributed by atoms with Crippen molar-refractivity contribution in [3.05, 3.63) is 50.6 Å². The van der Waals surface area contributed by atoms with Crippen molar-refractivity contribution in [2.24, 2.45) is 0 Å². The summed E-state index contributed by atoms with van der Waals surface area (Å²) in [4.78, 5) is 12.6. The van der Waals surface area contributed by atoms with E-state index in [-0.39, 0.29) is 11.7 Å². The van der Waals surface area contributed by atoms with Crippen LogP contribution in [0.1, 0.15) is 28.3 Å². The molecule has 92 valence electrons. The van der Waals surface area contributed by atoms with Crippen molar-refractivity contribution in [1.82, 2.24) is 0 Å². The topological polar surface area (TPSA) is 29.1 Å². The molecule has 1 aliphatic rings. The highest BCUT2D eigenvalue weighted by atomic mass is 79.9. The van der Waals surface area contributed by atoms with Crippen LogP contribution in [0.3, 0.4) is 0 Å². The molecule has 1 unspecified atom stereocenters. The van der Waals surface area contributed by atoms with Crippen LogP contribution in [0.2, 0.25) is 0 Å². The van der Waals surface area contributed by atoms with Crippen molar-refractivity contribution in [2.75, 3.05) is 11.9 Å². The molecule has 18 heavy (non-hydrogen) atoms. The van der Waals surface area contributed by atoms with Crippen molar-refractivity contribution in [2.45, 2.75) is 12.3 Å². The lowest BCUT2D eigenvalue weighted by Gasteiger charge is -2.25. The van der Waals surface area contributed by atoms with Crippen LogP contribution in [0, 0.1) is 0 Å². The number of thiophene rings is 1. The Morgan fingerprint density at radius 2 is 2.17 bits per heavy atom. The number of benzene rings is 1. The fraction of sp³-hybridized carbons (Fsp3) is 0.214. The smallest absolute Gasteiger partial charge is 0.172 e. The van der Waals surface area contributed by atoms with Crippen molar-refractivity contribution < 1.29 is 4.79 Å². The zero-order chi connectivity index (χ0) is 12.5. The number of hydrogen-bond acceptors (Lipinski definition) is 3. The molecule has 1 aliphatic heterocycles. The minimum atomic E-state index is -0.0200. The van der Waals surface area contributed by atoms with E-state index in [0.717, 1.165) is 34.3 Å². The first-order chi connectivity index (χ1) is 8.77. The maximum atomic E-state index is 12.6. The maximum Gasteiger partial charge on any atom is 0.172 e. The van der Waals surface area contributed by atoms with Gasteiger partial charge < -0.3 is 5.32 Å². The summed E-state index contributed by atoms with van der Waals surface area (Å²) in [6, 6.07) is 8.08. The zero-order valence-corrected chi connectivity index (χ0v) is 12.1. The first kappa shape index (κ1) is 11.9. The van der Waals surface area contributed by atoms with E-state index in [9.17, 15) is 4.79 Å². The zero-order valence-electron chi connectivity index (χ0n) is 9.65. The van der Waals surface area contributed by atoms with Crippen molar-refractivity contribution >= 4 is 38.7 Å². The number of nitrogens with one attached hydrogen (secondary N) is 1. The monoisotopic (exact) mass is 321 g/mol. The highest BCUT2D eigenvalue weighted by Gasteiger charge is 2.28. The van der Waals surface area contributed by atoms with E-state index in [2.05, 4.69) is 21.2 Å². The van der Waals surface area contributed by atoms with E-state index in [4.69, 9.17) is 0 Å². The Bertz CT molecular complexity index is 593. The van der Waals surface area contributed by atoms with Gasteiger partial charge in [-0.1, -0.05) is 18.2 Å². The molecule has 4 heteroatoms. The van der Waals surface area contributed by atoms with Crippen LogP contribution >= 0.6 is 27.3 Å². The number of carbonyl (C=O) groups is 1. The predicted octanol–water partition coefficient (Wildman–Crippen LogP) is 4.29. The van der Waals surface area contributed by atoms with Crippen molar-refractivity contribution in [1.29, 1.82) is 0 Å². The number of para-hydroxylation sites is 1. The average Bonchev–Trinajstić information content (AvgIpc) is 2.83. The molecule has 2 aromatic rings. The SMILES string of the molecule is O=C(c1cscc1Br)C1CCNc2ccccc21. The number of anilines is 1. The molecule has 0 spiro atoms. The molecule has 0 bridgehead atoms. The number of carbonyl (C=O) groups excluding carboxylic acids is 1. The van der Waals surface area contributed by atoms with Crippen LogP contribution in [0.5, 0.6) is 0 Å². The van der Waals surface area contributed by atoms with Gasteiger partial charge in [-0.2, -0.15) is 11.3 Å². The minimum Gasteiger partial charge on any atom is -0.385 e. The van der Waals surface area contributed by atoms with Gasteiger partial charge in [-0.15, -0.1) is 0 Å². The Hall–Kier alpha value is -1.13. The highest BCUT2D eigenvalue weighted by molar-refractivity contribution is 9.10. The summed E-state index contributed by atoms with van der Waals surface area (Å²) in [5.74, 6) is 0.199. The van der Waals surface area contributed by atoms with Gasteiger partial charge >= 0.3 is 0 Å². The lowest BCUT2D eigenvalue weighted by atomic mass is 9.85.